The maximum Gasteiger partial charge on any atom is 0.130 e. The molecule has 1 aliphatic carbocycles. The van der Waals surface area contributed by atoms with Crippen molar-refractivity contribution in [3.63, 3.8) is 0 Å². The molecule has 0 aliphatic heterocycles. The summed E-state index contributed by atoms with van der Waals surface area (Å²) in [5.74, 6) is 2.74. The standard InChI is InChI=1S/C16H27NO2/c1-12(2)17-9-15-8-16(19-13(15)3)11-18-10-14-6-4-5-7-14/h8,12,14,17H,4-7,9-11H2,1-3H3. The first-order chi connectivity index (χ1) is 9.15. The van der Waals surface area contributed by atoms with Crippen LogP contribution in [0, 0.1) is 12.8 Å². The SMILES string of the molecule is Cc1oc(COCC2CCCC2)cc1CNC(C)C. The van der Waals surface area contributed by atoms with Crippen LogP contribution in [0.5, 0.6) is 0 Å². The number of aryl methyl sites for hydroxylation is 1. The summed E-state index contributed by atoms with van der Waals surface area (Å²) >= 11 is 0. The number of nitrogens with one attached hydrogen (secondary N) is 1. The quantitative estimate of drug-likeness (QED) is 0.814. The summed E-state index contributed by atoms with van der Waals surface area (Å²) in [6, 6.07) is 2.62. The van der Waals surface area contributed by atoms with Crippen molar-refractivity contribution < 1.29 is 9.15 Å². The molecule has 1 saturated carbocycles. The first kappa shape index (κ1) is 14.6. The largest absolute Gasteiger partial charge is 0.464 e. The van der Waals surface area contributed by atoms with Crippen molar-refractivity contribution >= 4 is 0 Å². The maximum absolute atomic E-state index is 5.78. The lowest BCUT2D eigenvalue weighted by molar-refractivity contribution is 0.0767. The average Bonchev–Trinajstić information content (AvgIpc) is 2.97. The summed E-state index contributed by atoms with van der Waals surface area (Å²) in [7, 11) is 0. The van der Waals surface area contributed by atoms with E-state index in [1.807, 2.05) is 6.92 Å². The monoisotopic (exact) mass is 265 g/mol. The van der Waals surface area contributed by atoms with Gasteiger partial charge in [-0.15, -0.1) is 0 Å². The number of hydrogen-bond acceptors (Lipinski definition) is 3. The second-order valence-electron chi connectivity index (χ2n) is 6.00. The lowest BCUT2D eigenvalue weighted by Gasteiger charge is -2.08. The molecule has 2 rings (SSSR count). The molecule has 19 heavy (non-hydrogen) atoms. The Hall–Kier alpha value is -0.800. The molecule has 0 unspecified atom stereocenters. The Labute approximate surface area is 116 Å². The highest BCUT2D eigenvalue weighted by molar-refractivity contribution is 5.20. The molecule has 0 aromatic carbocycles. The van der Waals surface area contributed by atoms with Gasteiger partial charge in [0, 0.05) is 24.8 Å². The Kier molecular flexibility index (Phi) is 5.46. The first-order valence-corrected chi connectivity index (χ1v) is 7.54. The molecule has 3 heteroatoms. The summed E-state index contributed by atoms with van der Waals surface area (Å²) < 4.78 is 11.5. The molecular formula is C16H27NO2. The average molecular weight is 265 g/mol. The van der Waals surface area contributed by atoms with Crippen LogP contribution in [0.15, 0.2) is 10.5 Å². The van der Waals surface area contributed by atoms with E-state index in [0.717, 1.165) is 30.6 Å². The molecule has 0 atom stereocenters. The van der Waals surface area contributed by atoms with Gasteiger partial charge in [-0.05, 0) is 31.7 Å². The Bertz CT molecular complexity index is 378. The Morgan fingerprint density at radius 1 is 1.37 bits per heavy atom. The van der Waals surface area contributed by atoms with E-state index >= 15 is 0 Å². The van der Waals surface area contributed by atoms with Gasteiger partial charge in [-0.25, -0.2) is 0 Å². The third kappa shape index (κ3) is 4.66. The first-order valence-electron chi connectivity index (χ1n) is 7.54. The second-order valence-corrected chi connectivity index (χ2v) is 6.00. The lowest BCUT2D eigenvalue weighted by atomic mass is 10.1. The zero-order valence-electron chi connectivity index (χ0n) is 12.5. The van der Waals surface area contributed by atoms with E-state index in [9.17, 15) is 0 Å². The van der Waals surface area contributed by atoms with E-state index in [0.29, 0.717) is 12.6 Å². The second kappa shape index (κ2) is 7.11. The highest BCUT2D eigenvalue weighted by atomic mass is 16.5. The molecule has 1 aromatic rings. The fourth-order valence-electron chi connectivity index (χ4n) is 2.65. The molecule has 108 valence electrons. The number of hydrogen-bond donors (Lipinski definition) is 1. The van der Waals surface area contributed by atoms with Crippen molar-refractivity contribution in [1.82, 2.24) is 5.32 Å². The van der Waals surface area contributed by atoms with Crippen molar-refractivity contribution in [2.24, 2.45) is 5.92 Å². The number of furan rings is 1. The van der Waals surface area contributed by atoms with Crippen molar-refractivity contribution in [2.75, 3.05) is 6.61 Å². The molecule has 1 aliphatic rings. The predicted octanol–water partition coefficient (Wildman–Crippen LogP) is 3.79. The molecule has 0 amide bonds. The zero-order chi connectivity index (χ0) is 13.7. The number of ether oxygens (including phenoxy) is 1. The predicted molar refractivity (Wildman–Crippen MR) is 77.0 cm³/mol. The van der Waals surface area contributed by atoms with E-state index < -0.39 is 0 Å². The van der Waals surface area contributed by atoms with Gasteiger partial charge in [0.05, 0.1) is 0 Å². The Balaban J connectivity index is 1.75. The van der Waals surface area contributed by atoms with Gasteiger partial charge >= 0.3 is 0 Å². The summed E-state index contributed by atoms with van der Waals surface area (Å²) in [5, 5.41) is 3.42. The minimum absolute atomic E-state index is 0.497. The molecule has 1 N–H and O–H groups in total. The molecule has 0 spiro atoms. The van der Waals surface area contributed by atoms with Gasteiger partial charge in [0.25, 0.3) is 0 Å². The van der Waals surface area contributed by atoms with E-state index in [-0.39, 0.29) is 0 Å². The fourth-order valence-corrected chi connectivity index (χ4v) is 2.65. The molecule has 1 heterocycles. The van der Waals surface area contributed by atoms with Gasteiger partial charge in [0.15, 0.2) is 0 Å². The van der Waals surface area contributed by atoms with Gasteiger partial charge in [0.2, 0.25) is 0 Å². The van der Waals surface area contributed by atoms with Gasteiger partial charge in [-0.2, -0.15) is 0 Å². The van der Waals surface area contributed by atoms with Gasteiger partial charge in [-0.3, -0.25) is 0 Å². The van der Waals surface area contributed by atoms with E-state index in [1.54, 1.807) is 0 Å². The lowest BCUT2D eigenvalue weighted by Crippen LogP contribution is -2.21. The van der Waals surface area contributed by atoms with Gasteiger partial charge < -0.3 is 14.5 Å². The van der Waals surface area contributed by atoms with Crippen LogP contribution in [0.1, 0.15) is 56.6 Å². The smallest absolute Gasteiger partial charge is 0.130 e. The van der Waals surface area contributed by atoms with Crippen LogP contribution < -0.4 is 5.32 Å². The summed E-state index contributed by atoms with van der Waals surface area (Å²) in [6.07, 6.45) is 5.42. The highest BCUT2D eigenvalue weighted by Crippen LogP contribution is 2.25. The van der Waals surface area contributed by atoms with Crippen LogP contribution in [0.4, 0.5) is 0 Å². The summed E-state index contributed by atoms with van der Waals surface area (Å²) in [5.41, 5.74) is 1.24. The van der Waals surface area contributed by atoms with Crippen molar-refractivity contribution in [2.45, 2.75) is 65.6 Å². The van der Waals surface area contributed by atoms with Crippen molar-refractivity contribution in [3.8, 4) is 0 Å². The van der Waals surface area contributed by atoms with E-state index in [2.05, 4.69) is 25.2 Å². The molecule has 3 nitrogen and oxygen atoms in total. The minimum Gasteiger partial charge on any atom is -0.464 e. The molecular weight excluding hydrogens is 238 g/mol. The van der Waals surface area contributed by atoms with Gasteiger partial charge in [-0.1, -0.05) is 26.7 Å². The van der Waals surface area contributed by atoms with Crippen molar-refractivity contribution in [1.29, 1.82) is 0 Å². The molecule has 0 radical (unpaired) electrons. The van der Waals surface area contributed by atoms with Crippen LogP contribution >= 0.6 is 0 Å². The molecule has 0 bridgehead atoms. The maximum atomic E-state index is 5.78. The third-order valence-corrected chi connectivity index (χ3v) is 3.84. The van der Waals surface area contributed by atoms with Crippen LogP contribution in [-0.2, 0) is 17.9 Å². The normalized spacial score (nSPS) is 16.6. The molecule has 1 aromatic heterocycles. The fraction of sp³-hybridized carbons (Fsp3) is 0.750. The zero-order valence-corrected chi connectivity index (χ0v) is 12.5. The summed E-state index contributed by atoms with van der Waals surface area (Å²) in [4.78, 5) is 0. The topological polar surface area (TPSA) is 34.4 Å². The Morgan fingerprint density at radius 2 is 2.11 bits per heavy atom. The molecule has 0 saturated heterocycles. The minimum atomic E-state index is 0.497. The van der Waals surface area contributed by atoms with Crippen LogP contribution in [0.25, 0.3) is 0 Å². The van der Waals surface area contributed by atoms with Crippen LogP contribution in [0.3, 0.4) is 0 Å². The number of rotatable bonds is 7. The van der Waals surface area contributed by atoms with Gasteiger partial charge in [0.1, 0.15) is 18.1 Å². The van der Waals surface area contributed by atoms with E-state index in [1.165, 1.54) is 31.2 Å². The van der Waals surface area contributed by atoms with Crippen LogP contribution in [-0.4, -0.2) is 12.6 Å². The highest BCUT2D eigenvalue weighted by Gasteiger charge is 2.15. The third-order valence-electron chi connectivity index (χ3n) is 3.84. The van der Waals surface area contributed by atoms with Crippen molar-refractivity contribution in [3.05, 3.63) is 23.2 Å². The molecule has 1 fully saturated rings. The summed E-state index contributed by atoms with van der Waals surface area (Å²) in [6.45, 7) is 8.70. The van der Waals surface area contributed by atoms with Crippen LogP contribution in [0.2, 0.25) is 0 Å². The van der Waals surface area contributed by atoms with E-state index in [4.69, 9.17) is 9.15 Å². The Morgan fingerprint density at radius 3 is 2.79 bits per heavy atom.